The summed E-state index contributed by atoms with van der Waals surface area (Å²) >= 11 is 1.89. The topological polar surface area (TPSA) is 71.8 Å². The van der Waals surface area contributed by atoms with Gasteiger partial charge in [-0.25, -0.2) is 4.98 Å². The van der Waals surface area contributed by atoms with Crippen LogP contribution in [-0.4, -0.2) is 21.3 Å². The van der Waals surface area contributed by atoms with E-state index in [0.29, 0.717) is 16.7 Å². The van der Waals surface area contributed by atoms with Gasteiger partial charge in [-0.3, -0.25) is 4.79 Å². The Labute approximate surface area is 140 Å². The summed E-state index contributed by atoms with van der Waals surface area (Å²) in [5.41, 5.74) is 7.77. The van der Waals surface area contributed by atoms with Crippen molar-refractivity contribution in [3.8, 4) is 0 Å². The summed E-state index contributed by atoms with van der Waals surface area (Å²) in [6, 6.07) is 6.10. The molecule has 3 rings (SSSR count). The first-order valence-corrected chi connectivity index (χ1v) is 8.54. The molecule has 1 fully saturated rings. The van der Waals surface area contributed by atoms with Crippen molar-refractivity contribution in [3.05, 3.63) is 39.9 Å². The Kier molecular flexibility index (Phi) is 5.89. The molecular weight excluding hydrogens is 318 g/mol. The van der Waals surface area contributed by atoms with Gasteiger partial charge in [-0.2, -0.15) is 11.8 Å². The second kappa shape index (κ2) is 7.49. The fourth-order valence-corrected chi connectivity index (χ4v) is 4.01. The number of H-pyrrole nitrogens is 1. The van der Waals surface area contributed by atoms with Crippen LogP contribution in [0, 0.1) is 6.92 Å². The molecule has 0 atom stereocenters. The minimum atomic E-state index is -0.0371. The van der Waals surface area contributed by atoms with E-state index in [1.165, 1.54) is 12.8 Å². The molecule has 0 spiro atoms. The zero-order valence-corrected chi connectivity index (χ0v) is 14.3. The molecule has 4 nitrogen and oxygen atoms in total. The Hall–Kier alpha value is -1.04. The maximum absolute atomic E-state index is 12.1. The maximum atomic E-state index is 12.1. The van der Waals surface area contributed by atoms with E-state index in [-0.39, 0.29) is 18.0 Å². The van der Waals surface area contributed by atoms with E-state index in [9.17, 15) is 4.79 Å². The van der Waals surface area contributed by atoms with Gasteiger partial charge in [0, 0.05) is 11.3 Å². The van der Waals surface area contributed by atoms with Gasteiger partial charge in [-0.05, 0) is 44.2 Å². The van der Waals surface area contributed by atoms with E-state index in [0.717, 1.165) is 35.5 Å². The summed E-state index contributed by atoms with van der Waals surface area (Å²) in [4.78, 5) is 19.7. The standard InChI is InChI=1S/C16H21N3OS.ClH/c1-10-3-2-4-13-15(10)18-14(19-16(13)20)9-21-12-7-5-11(17)6-8-12;/h2-4,11-12H,5-9,17H2,1H3,(H,18,19,20);1H. The van der Waals surface area contributed by atoms with Crippen molar-refractivity contribution in [1.82, 2.24) is 9.97 Å². The summed E-state index contributed by atoms with van der Waals surface area (Å²) in [5.74, 6) is 1.54. The van der Waals surface area contributed by atoms with E-state index in [1.807, 2.05) is 36.9 Å². The molecule has 120 valence electrons. The Balaban J connectivity index is 0.00000176. The third-order valence-corrected chi connectivity index (χ3v) is 5.54. The molecule has 0 unspecified atom stereocenters. The number of aromatic amines is 1. The number of nitrogens with zero attached hydrogens (tertiary/aromatic N) is 1. The highest BCUT2D eigenvalue weighted by Gasteiger charge is 2.19. The zero-order valence-electron chi connectivity index (χ0n) is 12.7. The largest absolute Gasteiger partial charge is 0.328 e. The van der Waals surface area contributed by atoms with Crippen LogP contribution in [0.2, 0.25) is 0 Å². The number of fused-ring (bicyclic) bond motifs is 1. The van der Waals surface area contributed by atoms with Gasteiger partial charge in [0.05, 0.1) is 16.7 Å². The van der Waals surface area contributed by atoms with Crippen LogP contribution in [-0.2, 0) is 5.75 Å². The predicted molar refractivity (Wildman–Crippen MR) is 95.9 cm³/mol. The summed E-state index contributed by atoms with van der Waals surface area (Å²) in [6.45, 7) is 1.99. The third-order valence-electron chi connectivity index (χ3n) is 4.16. The van der Waals surface area contributed by atoms with E-state index in [4.69, 9.17) is 5.73 Å². The Morgan fingerprint density at radius 3 is 2.77 bits per heavy atom. The van der Waals surface area contributed by atoms with Crippen molar-refractivity contribution in [2.75, 3.05) is 0 Å². The lowest BCUT2D eigenvalue weighted by molar-refractivity contribution is 0.450. The molecule has 0 radical (unpaired) electrons. The smallest absolute Gasteiger partial charge is 0.258 e. The average molecular weight is 340 g/mol. The number of aromatic nitrogens is 2. The molecule has 1 aromatic heterocycles. The SMILES string of the molecule is Cc1cccc2c(=O)[nH]c(CSC3CCC(N)CC3)nc12.Cl. The van der Waals surface area contributed by atoms with Crippen LogP contribution in [0.4, 0.5) is 0 Å². The Bertz CT molecular complexity index is 695. The normalized spacial score (nSPS) is 21.5. The van der Waals surface area contributed by atoms with E-state index in [1.54, 1.807) is 0 Å². The molecule has 6 heteroatoms. The molecule has 1 heterocycles. The summed E-state index contributed by atoms with van der Waals surface area (Å²) in [5, 5.41) is 1.31. The second-order valence-corrected chi connectivity index (χ2v) is 7.12. The molecule has 0 amide bonds. The molecular formula is C16H22ClN3OS. The lowest BCUT2D eigenvalue weighted by Crippen LogP contribution is -2.27. The number of nitrogens with two attached hydrogens (primary N) is 1. The number of rotatable bonds is 3. The van der Waals surface area contributed by atoms with Crippen molar-refractivity contribution in [2.24, 2.45) is 5.73 Å². The van der Waals surface area contributed by atoms with Gasteiger partial charge in [0.15, 0.2) is 0 Å². The first-order chi connectivity index (χ1) is 10.1. The summed E-state index contributed by atoms with van der Waals surface area (Å²) < 4.78 is 0. The molecule has 0 bridgehead atoms. The zero-order chi connectivity index (χ0) is 14.8. The van der Waals surface area contributed by atoms with Crippen molar-refractivity contribution in [1.29, 1.82) is 0 Å². The third kappa shape index (κ3) is 3.83. The fourth-order valence-electron chi connectivity index (χ4n) is 2.87. The highest BCUT2D eigenvalue weighted by atomic mass is 35.5. The van der Waals surface area contributed by atoms with Gasteiger partial charge in [-0.15, -0.1) is 12.4 Å². The van der Waals surface area contributed by atoms with E-state index >= 15 is 0 Å². The number of benzene rings is 1. The van der Waals surface area contributed by atoms with Crippen molar-refractivity contribution in [2.45, 2.75) is 49.7 Å². The number of para-hydroxylation sites is 1. The number of hydrogen-bond acceptors (Lipinski definition) is 4. The lowest BCUT2D eigenvalue weighted by atomic mass is 9.96. The molecule has 1 aromatic carbocycles. The molecule has 3 N–H and O–H groups in total. The van der Waals surface area contributed by atoms with Crippen LogP contribution in [0.1, 0.15) is 37.1 Å². The maximum Gasteiger partial charge on any atom is 0.258 e. The molecule has 0 saturated heterocycles. The van der Waals surface area contributed by atoms with Gasteiger partial charge >= 0.3 is 0 Å². The molecule has 1 saturated carbocycles. The highest BCUT2D eigenvalue weighted by molar-refractivity contribution is 7.99. The minimum absolute atomic E-state index is 0. The Morgan fingerprint density at radius 1 is 1.32 bits per heavy atom. The van der Waals surface area contributed by atoms with Crippen LogP contribution < -0.4 is 11.3 Å². The van der Waals surface area contributed by atoms with Crippen molar-refractivity contribution >= 4 is 35.1 Å². The average Bonchev–Trinajstić information content (AvgIpc) is 2.48. The number of aryl methyl sites for hydroxylation is 1. The number of halogens is 1. The first kappa shape index (κ1) is 17.3. The number of hydrogen-bond donors (Lipinski definition) is 2. The predicted octanol–water partition coefficient (Wildman–Crippen LogP) is 3.16. The lowest BCUT2D eigenvalue weighted by Gasteiger charge is -2.25. The van der Waals surface area contributed by atoms with Crippen molar-refractivity contribution < 1.29 is 0 Å². The van der Waals surface area contributed by atoms with Crippen LogP contribution in [0.15, 0.2) is 23.0 Å². The van der Waals surface area contributed by atoms with E-state index < -0.39 is 0 Å². The summed E-state index contributed by atoms with van der Waals surface area (Å²) in [6.07, 6.45) is 4.56. The van der Waals surface area contributed by atoms with Crippen LogP contribution in [0.25, 0.3) is 10.9 Å². The van der Waals surface area contributed by atoms with Gasteiger partial charge in [0.25, 0.3) is 5.56 Å². The Morgan fingerprint density at radius 2 is 2.05 bits per heavy atom. The molecule has 0 aliphatic heterocycles. The van der Waals surface area contributed by atoms with Crippen LogP contribution in [0.3, 0.4) is 0 Å². The molecule has 1 aliphatic carbocycles. The van der Waals surface area contributed by atoms with Gasteiger partial charge < -0.3 is 10.7 Å². The minimum Gasteiger partial charge on any atom is -0.328 e. The molecule has 1 aliphatic rings. The molecule has 22 heavy (non-hydrogen) atoms. The quantitative estimate of drug-likeness (QED) is 0.901. The van der Waals surface area contributed by atoms with Gasteiger partial charge in [0.1, 0.15) is 5.82 Å². The highest BCUT2D eigenvalue weighted by Crippen LogP contribution is 2.29. The number of thioether (sulfide) groups is 1. The van der Waals surface area contributed by atoms with Crippen LogP contribution >= 0.6 is 24.2 Å². The number of nitrogens with one attached hydrogen (secondary N) is 1. The van der Waals surface area contributed by atoms with E-state index in [2.05, 4.69) is 9.97 Å². The monoisotopic (exact) mass is 339 g/mol. The summed E-state index contributed by atoms with van der Waals surface area (Å²) in [7, 11) is 0. The second-order valence-electron chi connectivity index (χ2n) is 5.83. The fraction of sp³-hybridized carbons (Fsp3) is 0.500. The van der Waals surface area contributed by atoms with Crippen molar-refractivity contribution in [3.63, 3.8) is 0 Å². The van der Waals surface area contributed by atoms with Gasteiger partial charge in [0.2, 0.25) is 0 Å². The first-order valence-electron chi connectivity index (χ1n) is 7.49. The van der Waals surface area contributed by atoms with Crippen LogP contribution in [0.5, 0.6) is 0 Å². The molecule has 2 aromatic rings. The van der Waals surface area contributed by atoms with Gasteiger partial charge in [-0.1, -0.05) is 12.1 Å².